The number of para-hydroxylation sites is 2. The molecule has 7 nitrogen and oxygen atoms in total. The van der Waals surface area contributed by atoms with Gasteiger partial charge in [0.05, 0.1) is 33.9 Å². The van der Waals surface area contributed by atoms with Crippen molar-refractivity contribution in [3.05, 3.63) is 187 Å². The molecule has 0 atom stereocenters. The van der Waals surface area contributed by atoms with Gasteiger partial charge >= 0.3 is 12.4 Å². The third kappa shape index (κ3) is 9.05. The fourth-order valence-electron chi connectivity index (χ4n) is 6.88. The molecule has 0 aliphatic carbocycles. The molecule has 0 aliphatic rings. The summed E-state index contributed by atoms with van der Waals surface area (Å²) < 4.78 is 85.1. The van der Waals surface area contributed by atoms with E-state index in [9.17, 15) is 26.3 Å². The predicted molar refractivity (Wildman–Crippen MR) is 228 cm³/mol. The number of aryl methyl sites for hydroxylation is 2. The van der Waals surface area contributed by atoms with Crippen molar-refractivity contribution in [3.8, 4) is 33.8 Å². The molecule has 61 heavy (non-hydrogen) atoms. The van der Waals surface area contributed by atoms with Crippen LogP contribution in [0.15, 0.2) is 164 Å². The Labute approximate surface area is 347 Å². The molecule has 0 radical (unpaired) electrons. The van der Waals surface area contributed by atoms with Gasteiger partial charge in [-0.2, -0.15) is 26.3 Å². The van der Waals surface area contributed by atoms with Gasteiger partial charge in [-0.05, 0) is 104 Å². The van der Waals surface area contributed by atoms with E-state index in [4.69, 9.17) is 0 Å². The zero-order chi connectivity index (χ0) is 42.7. The molecule has 0 amide bonds. The number of halogens is 6. The maximum Gasteiger partial charge on any atom is 0.416 e. The molecule has 0 unspecified atom stereocenters. The van der Waals surface area contributed by atoms with Gasteiger partial charge in [-0.25, -0.2) is 19.9 Å². The zero-order valence-corrected chi connectivity index (χ0v) is 32.6. The van der Waals surface area contributed by atoms with Gasteiger partial charge in [0.15, 0.2) is 0 Å². The van der Waals surface area contributed by atoms with E-state index in [1.807, 2.05) is 111 Å². The number of benzene rings is 6. The van der Waals surface area contributed by atoms with Crippen molar-refractivity contribution < 1.29 is 26.3 Å². The second kappa shape index (κ2) is 16.6. The summed E-state index contributed by atoms with van der Waals surface area (Å²) in [5.41, 5.74) is 5.97. The Kier molecular flexibility index (Phi) is 11.0. The Bertz CT molecular complexity index is 2820. The molecule has 8 aromatic rings. The standard InChI is InChI=1S/C48H35F6N7/c1-30-14-19-34(20-15-30)59-40-12-5-4-11-38(40)44-27-46(58-29-57-44)61(36-21-16-32(17-22-36)47(49,50)51)45-23-18-33(48(52,53)54)25-39(45)43-26-42(55-28-56-43)37-10-3-6-13-41(37)60-35-9-7-8-31(2)24-35/h3-29,59-60H,1-2H3. The number of nitrogens with zero attached hydrogens (tertiary/aromatic N) is 5. The molecule has 2 aromatic heterocycles. The molecule has 0 aliphatic heterocycles. The summed E-state index contributed by atoms with van der Waals surface area (Å²) in [5, 5.41) is 6.82. The predicted octanol–water partition coefficient (Wildman–Crippen LogP) is 13.9. The second-order valence-electron chi connectivity index (χ2n) is 14.2. The Morgan fingerprint density at radius 1 is 0.443 bits per heavy atom. The fourth-order valence-corrected chi connectivity index (χ4v) is 6.88. The monoisotopic (exact) mass is 823 g/mol. The SMILES string of the molecule is Cc1ccc(Nc2ccccc2-c2cc(N(c3ccc(C(F)(F)F)cc3)c3ccc(C(F)(F)F)cc3-c3cc(-c4ccccc4Nc4cccc(C)c4)ncn3)ncn2)cc1. The largest absolute Gasteiger partial charge is 0.416 e. The lowest BCUT2D eigenvalue weighted by atomic mass is 10.0. The van der Waals surface area contributed by atoms with Crippen molar-refractivity contribution >= 4 is 39.9 Å². The lowest BCUT2D eigenvalue weighted by molar-refractivity contribution is -0.138. The lowest BCUT2D eigenvalue weighted by Crippen LogP contribution is -2.15. The van der Waals surface area contributed by atoms with Crippen molar-refractivity contribution in [1.82, 2.24) is 19.9 Å². The van der Waals surface area contributed by atoms with Gasteiger partial charge in [-0.1, -0.05) is 66.2 Å². The summed E-state index contributed by atoms with van der Waals surface area (Å²) in [6.07, 6.45) is -6.82. The molecule has 6 aromatic carbocycles. The highest BCUT2D eigenvalue weighted by Crippen LogP contribution is 2.45. The van der Waals surface area contributed by atoms with Gasteiger partial charge in [0, 0.05) is 51.2 Å². The first kappa shape index (κ1) is 40.2. The van der Waals surface area contributed by atoms with Crippen LogP contribution in [0.2, 0.25) is 0 Å². The highest BCUT2D eigenvalue weighted by atomic mass is 19.4. The van der Waals surface area contributed by atoms with E-state index in [1.54, 1.807) is 12.1 Å². The molecule has 0 spiro atoms. The van der Waals surface area contributed by atoms with Crippen LogP contribution in [0.4, 0.5) is 66.3 Å². The summed E-state index contributed by atoms with van der Waals surface area (Å²) in [4.78, 5) is 19.6. The van der Waals surface area contributed by atoms with Crippen LogP contribution >= 0.6 is 0 Å². The Hall–Kier alpha value is -7.54. The third-order valence-electron chi connectivity index (χ3n) is 9.88. The van der Waals surface area contributed by atoms with Crippen LogP contribution in [0, 0.1) is 13.8 Å². The van der Waals surface area contributed by atoms with Gasteiger partial charge in [-0.15, -0.1) is 0 Å². The highest BCUT2D eigenvalue weighted by molar-refractivity contribution is 5.90. The van der Waals surface area contributed by atoms with Crippen LogP contribution in [-0.4, -0.2) is 19.9 Å². The Morgan fingerprint density at radius 3 is 1.62 bits per heavy atom. The third-order valence-corrected chi connectivity index (χ3v) is 9.88. The number of hydrogen-bond acceptors (Lipinski definition) is 7. The molecule has 0 saturated heterocycles. The molecular weight excluding hydrogens is 789 g/mol. The van der Waals surface area contributed by atoms with Gasteiger partial charge in [-0.3, -0.25) is 4.90 Å². The fraction of sp³-hybridized carbons (Fsp3) is 0.0833. The van der Waals surface area contributed by atoms with Gasteiger partial charge < -0.3 is 10.6 Å². The topological polar surface area (TPSA) is 78.9 Å². The summed E-state index contributed by atoms with van der Waals surface area (Å²) in [6.45, 7) is 3.96. The molecule has 0 saturated carbocycles. The number of anilines is 7. The first-order valence-corrected chi connectivity index (χ1v) is 19.0. The normalized spacial score (nSPS) is 11.6. The molecule has 0 bridgehead atoms. The summed E-state index contributed by atoms with van der Waals surface area (Å²) in [5.74, 6) is 0.165. The van der Waals surface area contributed by atoms with Crippen molar-refractivity contribution in [1.29, 1.82) is 0 Å². The van der Waals surface area contributed by atoms with E-state index >= 15 is 0 Å². The summed E-state index contributed by atoms with van der Waals surface area (Å²) in [7, 11) is 0. The molecule has 2 N–H and O–H groups in total. The van der Waals surface area contributed by atoms with Crippen LogP contribution in [0.25, 0.3) is 33.8 Å². The lowest BCUT2D eigenvalue weighted by Gasteiger charge is -2.28. The first-order valence-electron chi connectivity index (χ1n) is 19.0. The van der Waals surface area contributed by atoms with Crippen molar-refractivity contribution in [2.24, 2.45) is 0 Å². The number of rotatable bonds is 10. The highest BCUT2D eigenvalue weighted by Gasteiger charge is 2.33. The minimum absolute atomic E-state index is 0.0177. The van der Waals surface area contributed by atoms with E-state index in [0.717, 1.165) is 46.8 Å². The quantitative estimate of drug-likeness (QED) is 0.133. The Morgan fingerprint density at radius 2 is 1.00 bits per heavy atom. The maximum absolute atomic E-state index is 14.5. The molecule has 304 valence electrons. The van der Waals surface area contributed by atoms with Crippen molar-refractivity contribution in [2.45, 2.75) is 26.2 Å². The number of hydrogen-bond donors (Lipinski definition) is 2. The van der Waals surface area contributed by atoms with Crippen LogP contribution in [0.1, 0.15) is 22.3 Å². The van der Waals surface area contributed by atoms with Crippen LogP contribution in [-0.2, 0) is 12.4 Å². The van der Waals surface area contributed by atoms with E-state index < -0.39 is 23.5 Å². The van der Waals surface area contributed by atoms with Crippen molar-refractivity contribution in [3.63, 3.8) is 0 Å². The first-order chi connectivity index (χ1) is 29.3. The minimum atomic E-state index is -4.75. The minimum Gasteiger partial charge on any atom is -0.355 e. The zero-order valence-electron chi connectivity index (χ0n) is 32.6. The van der Waals surface area contributed by atoms with Gasteiger partial charge in [0.1, 0.15) is 18.5 Å². The second-order valence-corrected chi connectivity index (χ2v) is 14.2. The van der Waals surface area contributed by atoms with E-state index in [0.29, 0.717) is 33.9 Å². The van der Waals surface area contributed by atoms with E-state index in [-0.39, 0.29) is 28.5 Å². The number of nitrogens with one attached hydrogen (secondary N) is 2. The number of aromatic nitrogens is 4. The summed E-state index contributed by atoms with van der Waals surface area (Å²) >= 11 is 0. The average molecular weight is 824 g/mol. The smallest absolute Gasteiger partial charge is 0.355 e. The number of alkyl halides is 6. The molecule has 8 rings (SSSR count). The molecule has 0 fully saturated rings. The van der Waals surface area contributed by atoms with Crippen LogP contribution < -0.4 is 15.5 Å². The van der Waals surface area contributed by atoms with Gasteiger partial charge in [0.25, 0.3) is 0 Å². The van der Waals surface area contributed by atoms with Crippen LogP contribution in [0.3, 0.4) is 0 Å². The maximum atomic E-state index is 14.5. The summed E-state index contributed by atoms with van der Waals surface area (Å²) in [6, 6.07) is 41.1. The van der Waals surface area contributed by atoms with Crippen LogP contribution in [0.5, 0.6) is 0 Å². The Balaban J connectivity index is 1.29. The van der Waals surface area contributed by atoms with E-state index in [1.165, 1.54) is 35.8 Å². The molecule has 13 heteroatoms. The molecular formula is C48H35F6N7. The molecule has 2 heterocycles. The van der Waals surface area contributed by atoms with Gasteiger partial charge in [0.2, 0.25) is 0 Å². The van der Waals surface area contributed by atoms with Crippen molar-refractivity contribution in [2.75, 3.05) is 15.5 Å². The average Bonchev–Trinajstić information content (AvgIpc) is 3.25. The van der Waals surface area contributed by atoms with E-state index in [2.05, 4.69) is 30.6 Å².